The zero-order valence-electron chi connectivity index (χ0n) is 14.4. The summed E-state index contributed by atoms with van der Waals surface area (Å²) in [7, 11) is 1.54. The van der Waals surface area contributed by atoms with E-state index in [4.69, 9.17) is 10.5 Å². The van der Waals surface area contributed by atoms with Crippen LogP contribution in [0.15, 0.2) is 0 Å². The maximum atomic E-state index is 12.5. The van der Waals surface area contributed by atoms with Crippen LogP contribution in [0.4, 0.5) is 0 Å². The minimum absolute atomic E-state index is 0.0671. The van der Waals surface area contributed by atoms with Gasteiger partial charge in [0.15, 0.2) is 0 Å². The molecule has 0 saturated carbocycles. The third kappa shape index (κ3) is 4.89. The Kier molecular flexibility index (Phi) is 6.80. The third-order valence-electron chi connectivity index (χ3n) is 4.83. The fourth-order valence-electron chi connectivity index (χ4n) is 3.36. The van der Waals surface area contributed by atoms with Crippen LogP contribution in [0.3, 0.4) is 0 Å². The average Bonchev–Trinajstić information content (AvgIpc) is 2.55. The number of piperidine rings is 1. The topological polar surface area (TPSA) is 79.1 Å². The van der Waals surface area contributed by atoms with Gasteiger partial charge in [0.1, 0.15) is 6.04 Å². The summed E-state index contributed by atoms with van der Waals surface area (Å²) in [6.45, 7) is 6.40. The van der Waals surface area contributed by atoms with Crippen molar-refractivity contribution in [1.29, 1.82) is 0 Å². The van der Waals surface area contributed by atoms with E-state index in [1.165, 1.54) is 13.5 Å². The molecule has 2 amide bonds. The molecule has 132 valence electrons. The summed E-state index contributed by atoms with van der Waals surface area (Å²) in [5.74, 6) is 0.149. The number of likely N-dealkylation sites (tertiary alicyclic amines) is 1. The minimum atomic E-state index is -0.595. The number of hydrogen-bond acceptors (Lipinski definition) is 5. The number of carbonyl (C=O) groups excluding carboxylic acids is 2. The van der Waals surface area contributed by atoms with Crippen molar-refractivity contribution in [2.24, 2.45) is 5.73 Å². The molecule has 2 fully saturated rings. The fourth-order valence-corrected chi connectivity index (χ4v) is 3.36. The van der Waals surface area contributed by atoms with E-state index in [2.05, 4.69) is 11.8 Å². The molecule has 0 radical (unpaired) electrons. The molecule has 7 nitrogen and oxygen atoms in total. The highest BCUT2D eigenvalue weighted by Crippen LogP contribution is 2.17. The second-order valence-corrected chi connectivity index (χ2v) is 6.60. The van der Waals surface area contributed by atoms with Crippen LogP contribution < -0.4 is 5.73 Å². The molecule has 0 aliphatic carbocycles. The van der Waals surface area contributed by atoms with Gasteiger partial charge < -0.3 is 20.3 Å². The lowest BCUT2D eigenvalue weighted by molar-refractivity contribution is -0.138. The largest absolute Gasteiger partial charge is 0.383 e. The summed E-state index contributed by atoms with van der Waals surface area (Å²) >= 11 is 0. The van der Waals surface area contributed by atoms with E-state index in [9.17, 15) is 9.59 Å². The molecule has 0 aromatic carbocycles. The lowest BCUT2D eigenvalue weighted by Crippen LogP contribution is -2.56. The number of rotatable bonds is 5. The zero-order valence-corrected chi connectivity index (χ0v) is 14.4. The first-order chi connectivity index (χ1) is 11.0. The molecule has 2 rings (SSSR count). The van der Waals surface area contributed by atoms with Crippen molar-refractivity contribution in [2.45, 2.75) is 38.3 Å². The van der Waals surface area contributed by atoms with Crippen LogP contribution in [0.2, 0.25) is 0 Å². The fraction of sp³-hybridized carbons (Fsp3) is 0.875. The molecule has 0 aromatic rings. The van der Waals surface area contributed by atoms with E-state index in [0.29, 0.717) is 25.7 Å². The maximum Gasteiger partial charge on any atom is 0.241 e. The van der Waals surface area contributed by atoms with E-state index in [1.807, 2.05) is 4.90 Å². The Morgan fingerprint density at radius 1 is 1.17 bits per heavy atom. The van der Waals surface area contributed by atoms with Crippen molar-refractivity contribution in [2.75, 3.05) is 53.0 Å². The number of nitrogens with zero attached hydrogens (tertiary/aromatic N) is 3. The van der Waals surface area contributed by atoms with Crippen molar-refractivity contribution >= 4 is 11.8 Å². The van der Waals surface area contributed by atoms with E-state index in [-0.39, 0.29) is 18.4 Å². The highest BCUT2D eigenvalue weighted by Gasteiger charge is 2.28. The van der Waals surface area contributed by atoms with Gasteiger partial charge in [0.05, 0.1) is 13.2 Å². The Morgan fingerprint density at radius 3 is 2.48 bits per heavy atom. The molecule has 2 aliphatic rings. The quantitative estimate of drug-likeness (QED) is 0.737. The van der Waals surface area contributed by atoms with Crippen molar-refractivity contribution in [3.05, 3.63) is 0 Å². The Balaban J connectivity index is 1.76. The highest BCUT2D eigenvalue weighted by atomic mass is 16.5. The van der Waals surface area contributed by atoms with Crippen LogP contribution in [-0.2, 0) is 14.3 Å². The Morgan fingerprint density at radius 2 is 1.87 bits per heavy atom. The van der Waals surface area contributed by atoms with Gasteiger partial charge >= 0.3 is 0 Å². The normalized spacial score (nSPS) is 24.6. The van der Waals surface area contributed by atoms with Gasteiger partial charge in [-0.1, -0.05) is 0 Å². The van der Waals surface area contributed by atoms with Crippen LogP contribution >= 0.6 is 0 Å². The van der Waals surface area contributed by atoms with Gasteiger partial charge in [-0.3, -0.25) is 14.5 Å². The predicted molar refractivity (Wildman–Crippen MR) is 87.9 cm³/mol. The molecule has 0 bridgehead atoms. The van der Waals surface area contributed by atoms with Gasteiger partial charge in [0, 0.05) is 45.9 Å². The number of carbonyl (C=O) groups is 2. The van der Waals surface area contributed by atoms with Gasteiger partial charge in [-0.25, -0.2) is 0 Å². The molecular formula is C16H30N4O3. The summed E-state index contributed by atoms with van der Waals surface area (Å²) in [5, 5.41) is 0. The van der Waals surface area contributed by atoms with E-state index >= 15 is 0 Å². The van der Waals surface area contributed by atoms with Crippen LogP contribution in [-0.4, -0.2) is 91.6 Å². The molecule has 0 spiro atoms. The molecule has 7 heteroatoms. The van der Waals surface area contributed by atoms with E-state index in [0.717, 1.165) is 32.5 Å². The second kappa shape index (κ2) is 8.61. The summed E-state index contributed by atoms with van der Waals surface area (Å²) in [6, 6.07) is -0.242. The highest BCUT2D eigenvalue weighted by molar-refractivity contribution is 5.82. The first kappa shape index (κ1) is 18.2. The Bertz CT molecular complexity index is 410. The zero-order chi connectivity index (χ0) is 16.8. The molecular weight excluding hydrogens is 296 g/mol. The second-order valence-electron chi connectivity index (χ2n) is 6.60. The summed E-state index contributed by atoms with van der Waals surface area (Å²) < 4.78 is 4.93. The van der Waals surface area contributed by atoms with Gasteiger partial charge in [0.25, 0.3) is 0 Å². The van der Waals surface area contributed by atoms with Gasteiger partial charge in [-0.15, -0.1) is 0 Å². The lowest BCUT2D eigenvalue weighted by Gasteiger charge is -2.38. The maximum absolute atomic E-state index is 12.5. The standard InChI is InChI=1S/C16H30N4O3/c1-13-5-3-4-6-20(13)15(21)11-18-7-9-19(10-8-18)16(22)14(17)12-23-2/h13-14H,3-12,17H2,1-2H3. The van der Waals surface area contributed by atoms with E-state index < -0.39 is 6.04 Å². The SMILES string of the molecule is COCC(N)C(=O)N1CCN(CC(=O)N2CCCCC2C)CC1. The van der Waals surface area contributed by atoms with Gasteiger partial charge in [-0.2, -0.15) is 0 Å². The molecule has 23 heavy (non-hydrogen) atoms. The summed E-state index contributed by atoms with van der Waals surface area (Å²) in [6.07, 6.45) is 3.43. The number of hydrogen-bond donors (Lipinski definition) is 1. The van der Waals surface area contributed by atoms with Crippen molar-refractivity contribution in [1.82, 2.24) is 14.7 Å². The lowest BCUT2D eigenvalue weighted by atomic mass is 10.0. The minimum Gasteiger partial charge on any atom is -0.383 e. The van der Waals surface area contributed by atoms with Crippen LogP contribution in [0.5, 0.6) is 0 Å². The number of methoxy groups -OCH3 is 1. The Hall–Kier alpha value is -1.18. The van der Waals surface area contributed by atoms with Gasteiger partial charge in [-0.05, 0) is 26.2 Å². The molecule has 2 aliphatic heterocycles. The van der Waals surface area contributed by atoms with Crippen molar-refractivity contribution in [3.8, 4) is 0 Å². The first-order valence-electron chi connectivity index (χ1n) is 8.58. The van der Waals surface area contributed by atoms with Crippen molar-refractivity contribution in [3.63, 3.8) is 0 Å². The monoisotopic (exact) mass is 326 g/mol. The first-order valence-corrected chi connectivity index (χ1v) is 8.58. The molecule has 2 heterocycles. The molecule has 0 aromatic heterocycles. The van der Waals surface area contributed by atoms with Crippen LogP contribution in [0.1, 0.15) is 26.2 Å². The summed E-state index contributed by atoms with van der Waals surface area (Å²) in [4.78, 5) is 30.5. The Labute approximate surface area is 138 Å². The third-order valence-corrected chi connectivity index (χ3v) is 4.83. The summed E-state index contributed by atoms with van der Waals surface area (Å²) in [5.41, 5.74) is 5.80. The average molecular weight is 326 g/mol. The van der Waals surface area contributed by atoms with Crippen molar-refractivity contribution < 1.29 is 14.3 Å². The molecule has 2 unspecified atom stereocenters. The predicted octanol–water partition coefficient (Wildman–Crippen LogP) is -0.495. The number of piperazine rings is 1. The van der Waals surface area contributed by atoms with Crippen LogP contribution in [0, 0.1) is 0 Å². The molecule has 2 saturated heterocycles. The molecule has 2 N–H and O–H groups in total. The number of ether oxygens (including phenoxy) is 1. The number of amides is 2. The van der Waals surface area contributed by atoms with Crippen LogP contribution in [0.25, 0.3) is 0 Å². The molecule has 2 atom stereocenters. The number of nitrogens with two attached hydrogens (primary N) is 1. The van der Waals surface area contributed by atoms with Gasteiger partial charge in [0.2, 0.25) is 11.8 Å². The van der Waals surface area contributed by atoms with E-state index in [1.54, 1.807) is 4.90 Å². The smallest absolute Gasteiger partial charge is 0.241 e.